The highest BCUT2D eigenvalue weighted by Crippen LogP contribution is 2.33. The maximum atomic E-state index is 12.1. The summed E-state index contributed by atoms with van der Waals surface area (Å²) in [4.78, 5) is 11.3. The molecule has 0 aliphatic carbocycles. The molecule has 1 aromatic carbocycles. The molecule has 0 radical (unpaired) electrons. The van der Waals surface area contributed by atoms with Gasteiger partial charge in [-0.1, -0.05) is 27.7 Å². The van der Waals surface area contributed by atoms with Gasteiger partial charge in [0.15, 0.2) is 6.61 Å². The van der Waals surface area contributed by atoms with Gasteiger partial charge in [0, 0.05) is 21.6 Å². The van der Waals surface area contributed by atoms with E-state index in [0.29, 0.717) is 17.0 Å². The van der Waals surface area contributed by atoms with Crippen molar-refractivity contribution in [2.75, 3.05) is 26.0 Å². The second-order valence-electron chi connectivity index (χ2n) is 4.24. The molecule has 1 aromatic rings. The van der Waals surface area contributed by atoms with E-state index in [-0.39, 0.29) is 18.8 Å². The molecule has 0 saturated heterocycles. The molecule has 1 heterocycles. The zero-order valence-corrected chi connectivity index (χ0v) is 15.2. The van der Waals surface area contributed by atoms with Gasteiger partial charge >= 0.3 is 0 Å². The largest absolute Gasteiger partial charge is 0.482 e. The molecule has 128 valence electrons. The van der Waals surface area contributed by atoms with E-state index < -0.39 is 10.0 Å². The van der Waals surface area contributed by atoms with Gasteiger partial charge < -0.3 is 10.1 Å². The number of carbonyl (C=O) groups is 1. The Bertz CT molecular complexity index is 616. The summed E-state index contributed by atoms with van der Waals surface area (Å²) < 4.78 is 30.5. The number of hydrogen-bond acceptors (Lipinski definition) is 4. The van der Waals surface area contributed by atoms with Gasteiger partial charge in [-0.3, -0.25) is 4.79 Å². The smallest absolute Gasteiger partial charge is 0.262 e. The molecule has 0 atom stereocenters. The van der Waals surface area contributed by atoms with Crippen molar-refractivity contribution < 1.29 is 19.4 Å². The molecule has 22 heavy (non-hydrogen) atoms. The lowest BCUT2D eigenvalue weighted by Gasteiger charge is -2.21. The number of fused-ring (bicyclic) bond motifs is 1. The summed E-state index contributed by atoms with van der Waals surface area (Å²) >= 11 is 0. The molecule has 2 rings (SSSR count). The van der Waals surface area contributed by atoms with E-state index in [1.54, 1.807) is 13.0 Å². The Kier molecular flexibility index (Phi) is 8.11. The molecular weight excluding hydrogens is 304 g/mol. The molecule has 0 aromatic heterocycles. The fourth-order valence-electron chi connectivity index (χ4n) is 1.69. The van der Waals surface area contributed by atoms with Crippen molar-refractivity contribution in [2.24, 2.45) is 0 Å². The highest BCUT2D eigenvalue weighted by atomic mass is 32.2. The number of carbonyl (C=O) groups excluding carboxylic acids is 1. The van der Waals surface area contributed by atoms with Crippen LogP contribution >= 0.6 is 0 Å². The van der Waals surface area contributed by atoms with Crippen molar-refractivity contribution in [2.45, 2.75) is 39.5 Å². The summed E-state index contributed by atoms with van der Waals surface area (Å²) in [7, 11) is -0.576. The predicted octanol–water partition coefficient (Wildman–Crippen LogP) is 2.87. The number of sulfonamides is 1. The number of nitrogens with zero attached hydrogens (tertiary/aromatic N) is 1. The van der Waals surface area contributed by atoms with Crippen molar-refractivity contribution in [3.63, 3.8) is 0 Å². The van der Waals surface area contributed by atoms with Crippen LogP contribution in [0.2, 0.25) is 0 Å². The van der Waals surface area contributed by atoms with Crippen molar-refractivity contribution >= 4 is 21.6 Å². The van der Waals surface area contributed by atoms with Gasteiger partial charge in [-0.05, 0) is 18.6 Å². The summed E-state index contributed by atoms with van der Waals surface area (Å²) in [5, 5.41) is 2.64. The van der Waals surface area contributed by atoms with Crippen LogP contribution in [0.25, 0.3) is 0 Å². The predicted molar refractivity (Wildman–Crippen MR) is 91.0 cm³/mol. The van der Waals surface area contributed by atoms with Crippen molar-refractivity contribution in [3.8, 4) is 5.75 Å². The lowest BCUT2D eigenvalue weighted by molar-refractivity contribution is -0.118. The summed E-state index contributed by atoms with van der Waals surface area (Å²) in [6, 6.07) is 3.04. The zero-order valence-electron chi connectivity index (χ0n) is 14.4. The SMILES string of the molecule is CC.CC.Cc1cc2c(cc1S(=O)(=O)N(C)C)OCC(=O)N2.[HH]. The van der Waals surface area contributed by atoms with Crippen molar-refractivity contribution in [1.29, 1.82) is 0 Å². The standard InChI is InChI=1S/C11H14N2O4S.2C2H6.H2/c1-7-4-8-9(17-6-11(14)12-8)5-10(7)18(15,16)13(2)3;2*1-2;/h4-5H,6H2,1-3H3,(H,12,14);2*1-2H3;1H. The molecule has 0 saturated carbocycles. The summed E-state index contributed by atoms with van der Waals surface area (Å²) in [6.45, 7) is 9.58. The van der Waals surface area contributed by atoms with E-state index in [2.05, 4.69) is 5.32 Å². The maximum absolute atomic E-state index is 12.1. The van der Waals surface area contributed by atoms with Crippen LogP contribution in [-0.2, 0) is 14.8 Å². The third-order valence-corrected chi connectivity index (χ3v) is 4.63. The van der Waals surface area contributed by atoms with Crippen LogP contribution in [0.1, 0.15) is 34.7 Å². The van der Waals surface area contributed by atoms with E-state index in [1.165, 1.54) is 20.2 Å². The van der Waals surface area contributed by atoms with Gasteiger partial charge in [0.1, 0.15) is 5.75 Å². The van der Waals surface area contributed by atoms with E-state index in [4.69, 9.17) is 4.74 Å². The molecule has 7 heteroatoms. The molecule has 1 aliphatic heterocycles. The molecule has 0 unspecified atom stereocenters. The minimum atomic E-state index is -3.51. The molecule has 0 fully saturated rings. The quantitative estimate of drug-likeness (QED) is 0.903. The van der Waals surface area contributed by atoms with Crippen LogP contribution in [0.3, 0.4) is 0 Å². The second-order valence-corrected chi connectivity index (χ2v) is 6.36. The highest BCUT2D eigenvalue weighted by molar-refractivity contribution is 7.89. The zero-order chi connectivity index (χ0) is 17.5. The molecule has 0 bridgehead atoms. The van der Waals surface area contributed by atoms with E-state index in [9.17, 15) is 13.2 Å². The normalized spacial score (nSPS) is 12.8. The van der Waals surface area contributed by atoms with Crippen LogP contribution < -0.4 is 10.1 Å². The number of aryl methyl sites for hydroxylation is 1. The van der Waals surface area contributed by atoms with Crippen LogP contribution in [0, 0.1) is 6.92 Å². The summed E-state index contributed by atoms with van der Waals surface area (Å²) in [5.74, 6) is 0.130. The van der Waals surface area contributed by atoms with Gasteiger partial charge in [-0.15, -0.1) is 0 Å². The number of anilines is 1. The summed E-state index contributed by atoms with van der Waals surface area (Å²) in [5.41, 5.74) is 1.06. The third kappa shape index (κ3) is 4.45. The molecule has 1 aliphatic rings. The van der Waals surface area contributed by atoms with Gasteiger partial charge in [-0.25, -0.2) is 12.7 Å². The Balaban J connectivity index is 0. The van der Waals surface area contributed by atoms with Crippen molar-refractivity contribution in [1.82, 2.24) is 4.31 Å². The average molecular weight is 332 g/mol. The van der Waals surface area contributed by atoms with Crippen LogP contribution in [-0.4, -0.2) is 39.3 Å². The Morgan fingerprint density at radius 2 is 1.73 bits per heavy atom. The Hall–Kier alpha value is -1.60. The number of hydrogen-bond donors (Lipinski definition) is 1. The fourth-order valence-corrected chi connectivity index (χ4v) is 2.81. The molecular formula is C15H28N2O4S. The first-order valence-electron chi connectivity index (χ1n) is 7.32. The fraction of sp³-hybridized carbons (Fsp3) is 0.533. The first kappa shape index (κ1) is 20.4. The number of ether oxygens (including phenoxy) is 1. The van der Waals surface area contributed by atoms with Crippen LogP contribution in [0.5, 0.6) is 5.75 Å². The topological polar surface area (TPSA) is 75.7 Å². The van der Waals surface area contributed by atoms with Gasteiger partial charge in [0.2, 0.25) is 10.0 Å². The lowest BCUT2D eigenvalue weighted by atomic mass is 10.2. The molecule has 0 spiro atoms. The number of benzene rings is 1. The Morgan fingerprint density at radius 1 is 1.18 bits per heavy atom. The molecule has 1 amide bonds. The van der Waals surface area contributed by atoms with Crippen molar-refractivity contribution in [3.05, 3.63) is 17.7 Å². The number of amides is 1. The minimum Gasteiger partial charge on any atom is -0.482 e. The van der Waals surface area contributed by atoms with Crippen LogP contribution in [0.4, 0.5) is 5.69 Å². The van der Waals surface area contributed by atoms with Crippen LogP contribution in [0.15, 0.2) is 17.0 Å². The van der Waals surface area contributed by atoms with E-state index in [1.807, 2.05) is 27.7 Å². The molecule has 1 N–H and O–H groups in total. The van der Waals surface area contributed by atoms with Gasteiger partial charge in [0.25, 0.3) is 5.91 Å². The molecule has 6 nitrogen and oxygen atoms in total. The van der Waals surface area contributed by atoms with Gasteiger partial charge in [0.05, 0.1) is 10.6 Å². The second kappa shape index (κ2) is 8.75. The first-order valence-corrected chi connectivity index (χ1v) is 8.76. The third-order valence-electron chi connectivity index (χ3n) is 2.67. The highest BCUT2D eigenvalue weighted by Gasteiger charge is 2.24. The number of rotatable bonds is 2. The monoisotopic (exact) mass is 332 g/mol. The van der Waals surface area contributed by atoms with E-state index >= 15 is 0 Å². The Labute approximate surface area is 135 Å². The lowest BCUT2D eigenvalue weighted by Crippen LogP contribution is -2.27. The summed E-state index contributed by atoms with van der Waals surface area (Å²) in [6.07, 6.45) is 0. The minimum absolute atomic E-state index is 0. The number of nitrogens with one attached hydrogen (secondary N) is 1. The van der Waals surface area contributed by atoms with Gasteiger partial charge in [-0.2, -0.15) is 0 Å². The average Bonchev–Trinajstić information content (AvgIpc) is 2.50. The first-order chi connectivity index (χ1) is 10.3. The maximum Gasteiger partial charge on any atom is 0.262 e. The van der Waals surface area contributed by atoms with E-state index in [0.717, 1.165) is 4.31 Å². The Morgan fingerprint density at radius 3 is 2.23 bits per heavy atom.